The van der Waals surface area contributed by atoms with Gasteiger partial charge in [0.05, 0.1) is 41.8 Å². The van der Waals surface area contributed by atoms with Crippen LogP contribution in [0.25, 0.3) is 0 Å². The Balaban J connectivity index is 1.56. The highest BCUT2D eigenvalue weighted by molar-refractivity contribution is 6.39. The molecule has 0 bridgehead atoms. The number of rotatable bonds is 8. The van der Waals surface area contributed by atoms with E-state index in [1.807, 2.05) is 0 Å². The van der Waals surface area contributed by atoms with Crippen molar-refractivity contribution < 1.29 is 46.2 Å². The number of amides is 3. The Morgan fingerprint density at radius 1 is 1.08 bits per heavy atom. The largest absolute Gasteiger partial charge is 0.465 e. The van der Waals surface area contributed by atoms with Crippen molar-refractivity contribution >= 4 is 29.4 Å². The van der Waals surface area contributed by atoms with Crippen LogP contribution in [0.1, 0.15) is 54.8 Å². The normalized spacial score (nSPS) is 19.1. The van der Waals surface area contributed by atoms with Gasteiger partial charge < -0.3 is 20.1 Å². The molecule has 39 heavy (non-hydrogen) atoms. The van der Waals surface area contributed by atoms with Gasteiger partial charge in [-0.3, -0.25) is 19.9 Å². The summed E-state index contributed by atoms with van der Waals surface area (Å²) in [5.74, 6) is -2.15. The molecule has 0 aromatic carbocycles. The molecule has 3 amide bonds. The lowest BCUT2D eigenvalue weighted by atomic mass is 10.1. The molecule has 2 saturated carbocycles. The van der Waals surface area contributed by atoms with Crippen LogP contribution in [-0.4, -0.2) is 56.6 Å². The lowest BCUT2D eigenvalue weighted by Crippen LogP contribution is -2.49. The van der Waals surface area contributed by atoms with E-state index in [1.54, 1.807) is 0 Å². The number of pyridine rings is 2. The van der Waals surface area contributed by atoms with Gasteiger partial charge in [-0.05, 0) is 56.2 Å². The van der Waals surface area contributed by atoms with Crippen LogP contribution >= 0.6 is 0 Å². The number of carbonyl (C=O) groups excluding carboxylic acids is 2. The molecule has 0 spiro atoms. The number of ether oxygens (including phenoxy) is 1. The van der Waals surface area contributed by atoms with Gasteiger partial charge in [-0.1, -0.05) is 0 Å². The van der Waals surface area contributed by atoms with Crippen molar-refractivity contribution in [3.63, 3.8) is 0 Å². The number of hydrogen-bond acceptors (Lipinski definition) is 6. The van der Waals surface area contributed by atoms with Crippen molar-refractivity contribution in [2.75, 3.05) is 10.6 Å². The summed E-state index contributed by atoms with van der Waals surface area (Å²) >= 11 is 0. The third kappa shape index (κ3) is 7.16. The standard InChI is InChI=1S/C24H24F5N5O5/c25-22(26)39-18-3-1-2-17(18)34(11-14-7-6-13(9-30-14)24(27,28)29)21(36)20(35)32-15-8-16(12-4-5-12)19(31-10-15)33-23(37)38/h6-10,12,17-18,22H,1-5,11H2,(H,31,33)(H,32,35)(H,37,38)/t17-,18-/m1/s1. The molecule has 15 heteroatoms. The highest BCUT2D eigenvalue weighted by Gasteiger charge is 2.39. The van der Waals surface area contributed by atoms with Crippen LogP contribution in [0.3, 0.4) is 0 Å². The molecule has 210 valence electrons. The van der Waals surface area contributed by atoms with Crippen LogP contribution in [-0.2, 0) is 27.0 Å². The summed E-state index contributed by atoms with van der Waals surface area (Å²) in [7, 11) is 0. The second kappa shape index (κ2) is 11.5. The van der Waals surface area contributed by atoms with Gasteiger partial charge in [-0.25, -0.2) is 9.78 Å². The Labute approximate surface area is 218 Å². The SMILES string of the molecule is O=C(O)Nc1ncc(NC(=O)C(=O)N(Cc2ccc(C(F)(F)F)cn2)[C@@H]2CCC[C@H]2OC(F)F)cc1C1CC1. The van der Waals surface area contributed by atoms with E-state index in [2.05, 4.69) is 25.3 Å². The van der Waals surface area contributed by atoms with Crippen LogP contribution in [0.5, 0.6) is 0 Å². The third-order valence-electron chi connectivity index (χ3n) is 6.45. The monoisotopic (exact) mass is 557 g/mol. The fourth-order valence-corrected chi connectivity index (χ4v) is 4.53. The fourth-order valence-electron chi connectivity index (χ4n) is 4.53. The van der Waals surface area contributed by atoms with Crippen molar-refractivity contribution in [1.82, 2.24) is 14.9 Å². The number of carboxylic acid groups (broad SMARTS) is 1. The zero-order chi connectivity index (χ0) is 28.3. The first-order valence-corrected chi connectivity index (χ1v) is 12.0. The average molecular weight is 557 g/mol. The van der Waals surface area contributed by atoms with Crippen molar-refractivity contribution in [3.05, 3.63) is 47.4 Å². The van der Waals surface area contributed by atoms with E-state index in [0.717, 1.165) is 36.1 Å². The summed E-state index contributed by atoms with van der Waals surface area (Å²) in [4.78, 5) is 46.0. The van der Waals surface area contributed by atoms with Gasteiger partial charge in [-0.2, -0.15) is 22.0 Å². The van der Waals surface area contributed by atoms with Gasteiger partial charge in [0.2, 0.25) is 0 Å². The fraction of sp³-hybridized carbons (Fsp3) is 0.458. The number of aromatic nitrogens is 2. The van der Waals surface area contributed by atoms with E-state index in [1.165, 1.54) is 6.07 Å². The van der Waals surface area contributed by atoms with E-state index in [-0.39, 0.29) is 36.0 Å². The third-order valence-corrected chi connectivity index (χ3v) is 6.45. The first-order chi connectivity index (χ1) is 18.4. The van der Waals surface area contributed by atoms with Crippen LogP contribution in [0.15, 0.2) is 30.6 Å². The molecule has 4 rings (SSSR count). The molecule has 2 aromatic rings. The number of nitrogens with one attached hydrogen (secondary N) is 2. The quantitative estimate of drug-likeness (QED) is 0.319. The number of nitrogens with zero attached hydrogens (tertiary/aromatic N) is 3. The molecule has 0 radical (unpaired) electrons. The van der Waals surface area contributed by atoms with E-state index in [9.17, 15) is 36.3 Å². The van der Waals surface area contributed by atoms with E-state index >= 15 is 0 Å². The second-order valence-electron chi connectivity index (χ2n) is 9.22. The van der Waals surface area contributed by atoms with Gasteiger partial charge in [0.15, 0.2) is 0 Å². The summed E-state index contributed by atoms with van der Waals surface area (Å²) in [6.45, 7) is -3.55. The Morgan fingerprint density at radius 3 is 2.41 bits per heavy atom. The Kier molecular flexibility index (Phi) is 8.28. The van der Waals surface area contributed by atoms with Crippen LogP contribution in [0.2, 0.25) is 0 Å². The van der Waals surface area contributed by atoms with Crippen molar-refractivity contribution in [2.45, 2.75) is 69.5 Å². The number of halogens is 5. The van der Waals surface area contributed by atoms with Crippen LogP contribution < -0.4 is 10.6 Å². The van der Waals surface area contributed by atoms with Gasteiger partial charge in [0, 0.05) is 11.8 Å². The summed E-state index contributed by atoms with van der Waals surface area (Å²) in [5.41, 5.74) is -0.365. The molecule has 0 aliphatic heterocycles. The summed E-state index contributed by atoms with van der Waals surface area (Å²) < 4.78 is 69.4. The average Bonchev–Trinajstić information content (AvgIpc) is 3.61. The Bertz CT molecular complexity index is 1220. The minimum absolute atomic E-state index is 0.00799. The lowest BCUT2D eigenvalue weighted by molar-refractivity contribution is -0.178. The lowest BCUT2D eigenvalue weighted by Gasteiger charge is -2.32. The molecule has 2 aliphatic rings. The molecule has 2 aromatic heterocycles. The number of hydrogen-bond donors (Lipinski definition) is 3. The Morgan fingerprint density at radius 2 is 1.82 bits per heavy atom. The first kappa shape index (κ1) is 28.1. The highest BCUT2D eigenvalue weighted by atomic mass is 19.4. The second-order valence-corrected chi connectivity index (χ2v) is 9.22. The van der Waals surface area contributed by atoms with E-state index in [4.69, 9.17) is 5.11 Å². The Hall–Kier alpha value is -3.88. The topological polar surface area (TPSA) is 134 Å². The number of carbonyl (C=O) groups is 3. The molecule has 2 fully saturated rings. The van der Waals surface area contributed by atoms with E-state index in [0.29, 0.717) is 18.2 Å². The maximum absolute atomic E-state index is 13.3. The molecule has 2 heterocycles. The van der Waals surface area contributed by atoms with E-state index < -0.39 is 54.9 Å². The number of anilines is 2. The highest BCUT2D eigenvalue weighted by Crippen LogP contribution is 2.43. The zero-order valence-electron chi connectivity index (χ0n) is 20.3. The maximum Gasteiger partial charge on any atom is 0.417 e. The van der Waals surface area contributed by atoms with Crippen molar-refractivity contribution in [3.8, 4) is 0 Å². The molecule has 0 saturated heterocycles. The molecule has 0 unspecified atom stereocenters. The molecule has 10 nitrogen and oxygen atoms in total. The van der Waals surface area contributed by atoms with Crippen molar-refractivity contribution in [1.29, 1.82) is 0 Å². The van der Waals surface area contributed by atoms with Gasteiger partial charge in [-0.15, -0.1) is 0 Å². The predicted molar refractivity (Wildman–Crippen MR) is 125 cm³/mol. The molecular formula is C24H24F5N5O5. The molecule has 3 N–H and O–H groups in total. The minimum Gasteiger partial charge on any atom is -0.465 e. The number of alkyl halides is 5. The van der Waals surface area contributed by atoms with Crippen LogP contribution in [0.4, 0.5) is 38.3 Å². The summed E-state index contributed by atoms with van der Waals surface area (Å²) in [6.07, 6.45) is -2.91. The molecular weight excluding hydrogens is 533 g/mol. The smallest absolute Gasteiger partial charge is 0.417 e. The predicted octanol–water partition coefficient (Wildman–Crippen LogP) is 4.59. The zero-order valence-corrected chi connectivity index (χ0v) is 20.3. The molecule has 2 aliphatic carbocycles. The van der Waals surface area contributed by atoms with Crippen molar-refractivity contribution in [2.24, 2.45) is 0 Å². The van der Waals surface area contributed by atoms with Gasteiger partial charge in [0.25, 0.3) is 0 Å². The first-order valence-electron chi connectivity index (χ1n) is 12.0. The minimum atomic E-state index is -4.63. The summed E-state index contributed by atoms with van der Waals surface area (Å²) in [6, 6.07) is 2.34. The van der Waals surface area contributed by atoms with Gasteiger partial charge >= 0.3 is 30.7 Å². The molecule has 2 atom stereocenters. The van der Waals surface area contributed by atoms with Gasteiger partial charge in [0.1, 0.15) is 5.82 Å². The maximum atomic E-state index is 13.3. The van der Waals surface area contributed by atoms with Crippen LogP contribution in [0, 0.1) is 0 Å². The summed E-state index contributed by atoms with van der Waals surface area (Å²) in [5, 5.41) is 13.6.